The van der Waals surface area contributed by atoms with Crippen molar-refractivity contribution in [2.75, 3.05) is 0 Å². The van der Waals surface area contributed by atoms with Gasteiger partial charge in [-0.05, 0) is 54.1 Å². The topological polar surface area (TPSA) is 68.5 Å². The summed E-state index contributed by atoms with van der Waals surface area (Å²) in [6.45, 7) is 0.502. The Kier molecular flexibility index (Phi) is 6.95. The van der Waals surface area contributed by atoms with Crippen LogP contribution in [0.5, 0.6) is 5.75 Å². The highest BCUT2D eigenvalue weighted by Crippen LogP contribution is 2.25. The molecule has 0 aliphatic rings. The Morgan fingerprint density at radius 2 is 1.47 bits per heavy atom. The summed E-state index contributed by atoms with van der Waals surface area (Å²) in [4.78, 5) is 12.4. The van der Waals surface area contributed by atoms with Crippen LogP contribution in [0, 0.1) is 0 Å². The molecule has 0 saturated carbocycles. The normalized spacial score (nSPS) is 10.9. The van der Waals surface area contributed by atoms with Crippen LogP contribution in [0.25, 0.3) is 16.9 Å². The fourth-order valence-corrected chi connectivity index (χ4v) is 3.68. The summed E-state index contributed by atoms with van der Waals surface area (Å²) in [5.41, 5.74) is 7.59. The van der Waals surface area contributed by atoms with Crippen LogP contribution in [0.2, 0.25) is 0 Å². The summed E-state index contributed by atoms with van der Waals surface area (Å²) in [5, 5.41) is 8.99. The Morgan fingerprint density at radius 3 is 2.17 bits per heavy atom. The Balaban J connectivity index is 1.37. The van der Waals surface area contributed by atoms with Crippen molar-refractivity contribution in [3.8, 4) is 22.7 Å². The molecule has 0 spiro atoms. The largest absolute Gasteiger partial charge is 0.489 e. The van der Waals surface area contributed by atoms with E-state index in [0.29, 0.717) is 12.2 Å². The van der Waals surface area contributed by atoms with Gasteiger partial charge in [-0.2, -0.15) is 10.2 Å². The van der Waals surface area contributed by atoms with E-state index in [9.17, 15) is 4.79 Å². The van der Waals surface area contributed by atoms with Crippen molar-refractivity contribution in [2.45, 2.75) is 6.61 Å². The molecule has 5 aromatic rings. The predicted octanol–water partition coefficient (Wildman–Crippen LogP) is 5.88. The van der Waals surface area contributed by atoms with Gasteiger partial charge in [0.15, 0.2) is 0 Å². The number of hydrogen-bond donors (Lipinski definition) is 1. The minimum Gasteiger partial charge on any atom is -0.489 e. The zero-order chi connectivity index (χ0) is 24.6. The molecule has 6 nitrogen and oxygen atoms in total. The van der Waals surface area contributed by atoms with E-state index in [-0.39, 0.29) is 5.91 Å². The molecule has 0 saturated heterocycles. The molecule has 0 unspecified atom stereocenters. The van der Waals surface area contributed by atoms with Crippen molar-refractivity contribution in [1.29, 1.82) is 0 Å². The van der Waals surface area contributed by atoms with Gasteiger partial charge in [0.1, 0.15) is 18.1 Å². The summed E-state index contributed by atoms with van der Waals surface area (Å²) in [5.74, 6) is 0.499. The number of carbonyl (C=O) groups is 1. The number of nitrogens with one attached hydrogen (secondary N) is 1. The van der Waals surface area contributed by atoms with Gasteiger partial charge >= 0.3 is 0 Å². The Hall–Kier alpha value is -4.97. The number of amides is 1. The van der Waals surface area contributed by atoms with Gasteiger partial charge in [0.05, 0.1) is 11.9 Å². The molecule has 6 heteroatoms. The van der Waals surface area contributed by atoms with Gasteiger partial charge in [-0.15, -0.1) is 0 Å². The average molecular weight is 473 g/mol. The number of aromatic nitrogens is 2. The molecule has 1 amide bonds. The van der Waals surface area contributed by atoms with E-state index >= 15 is 0 Å². The van der Waals surface area contributed by atoms with Gasteiger partial charge < -0.3 is 4.74 Å². The number of carbonyl (C=O) groups excluding carboxylic acids is 1. The summed E-state index contributed by atoms with van der Waals surface area (Å²) in [6.07, 6.45) is 3.51. The maximum absolute atomic E-state index is 12.4. The smallest absolute Gasteiger partial charge is 0.271 e. The van der Waals surface area contributed by atoms with Crippen LogP contribution < -0.4 is 10.2 Å². The maximum atomic E-state index is 12.4. The first kappa shape index (κ1) is 22.8. The standard InChI is InChI=1S/C30H24N4O2/c35-30(25-12-6-2-7-13-25)32-31-20-26-21-34(27-14-8-3-9-15-27)33-29(26)24-16-18-28(19-17-24)36-22-23-10-4-1-5-11-23/h1-21H,22H2,(H,32,35)/b31-20-. The SMILES string of the molecule is O=C(N/N=C\c1cn(-c2ccccc2)nc1-c1ccc(OCc2ccccc2)cc1)c1ccccc1. The van der Waals surface area contributed by atoms with Gasteiger partial charge in [0.2, 0.25) is 0 Å². The van der Waals surface area contributed by atoms with Crippen molar-refractivity contribution >= 4 is 12.1 Å². The van der Waals surface area contributed by atoms with Crippen LogP contribution in [-0.4, -0.2) is 21.9 Å². The van der Waals surface area contributed by atoms with Crippen molar-refractivity contribution in [3.63, 3.8) is 0 Å². The van der Waals surface area contributed by atoms with E-state index in [2.05, 4.69) is 10.5 Å². The third kappa shape index (κ3) is 5.56. The summed E-state index contributed by atoms with van der Waals surface area (Å²) in [6, 6.07) is 36.7. The molecule has 0 aliphatic carbocycles. The number of ether oxygens (including phenoxy) is 1. The number of para-hydroxylation sites is 1. The third-order valence-electron chi connectivity index (χ3n) is 5.55. The van der Waals surface area contributed by atoms with Crippen LogP contribution >= 0.6 is 0 Å². The monoisotopic (exact) mass is 472 g/mol. The Morgan fingerprint density at radius 1 is 0.833 bits per heavy atom. The van der Waals surface area contributed by atoms with E-state index in [1.54, 1.807) is 23.0 Å². The number of nitrogens with zero attached hydrogens (tertiary/aromatic N) is 3. The second kappa shape index (κ2) is 11.0. The molecule has 0 atom stereocenters. The van der Waals surface area contributed by atoms with E-state index in [0.717, 1.165) is 33.8 Å². The Bertz CT molecular complexity index is 1450. The van der Waals surface area contributed by atoms with Crippen molar-refractivity contribution < 1.29 is 9.53 Å². The molecular weight excluding hydrogens is 448 g/mol. The van der Waals surface area contributed by atoms with E-state index in [1.165, 1.54) is 0 Å². The lowest BCUT2D eigenvalue weighted by molar-refractivity contribution is 0.0955. The fraction of sp³-hybridized carbons (Fsp3) is 0.0333. The number of hydrazone groups is 1. The van der Waals surface area contributed by atoms with Crippen LogP contribution in [0.15, 0.2) is 127 Å². The first-order valence-electron chi connectivity index (χ1n) is 11.6. The highest BCUT2D eigenvalue weighted by atomic mass is 16.5. The minimum atomic E-state index is -0.274. The number of benzene rings is 4. The molecule has 0 radical (unpaired) electrons. The Labute approximate surface area is 209 Å². The second-order valence-corrected chi connectivity index (χ2v) is 8.08. The molecular formula is C30H24N4O2. The van der Waals surface area contributed by atoms with E-state index < -0.39 is 0 Å². The van der Waals surface area contributed by atoms with Crippen LogP contribution in [0.3, 0.4) is 0 Å². The predicted molar refractivity (Wildman–Crippen MR) is 141 cm³/mol. The highest BCUT2D eigenvalue weighted by Gasteiger charge is 2.12. The van der Waals surface area contributed by atoms with Gasteiger partial charge in [-0.25, -0.2) is 10.1 Å². The van der Waals surface area contributed by atoms with E-state index in [4.69, 9.17) is 9.84 Å². The molecule has 5 rings (SSSR count). The van der Waals surface area contributed by atoms with Crippen molar-refractivity contribution in [3.05, 3.63) is 138 Å². The molecule has 0 bridgehead atoms. The number of hydrogen-bond acceptors (Lipinski definition) is 4. The summed E-state index contributed by atoms with van der Waals surface area (Å²) < 4.78 is 7.72. The van der Waals surface area contributed by atoms with Crippen molar-refractivity contribution in [1.82, 2.24) is 15.2 Å². The molecule has 0 fully saturated rings. The molecule has 1 N–H and O–H groups in total. The first-order valence-corrected chi connectivity index (χ1v) is 11.6. The number of rotatable bonds is 8. The molecule has 4 aromatic carbocycles. The third-order valence-corrected chi connectivity index (χ3v) is 5.55. The van der Waals surface area contributed by atoms with Crippen molar-refractivity contribution in [2.24, 2.45) is 5.10 Å². The lowest BCUT2D eigenvalue weighted by atomic mass is 10.1. The molecule has 176 valence electrons. The quantitative estimate of drug-likeness (QED) is 0.226. The van der Waals surface area contributed by atoms with Gasteiger partial charge in [0.25, 0.3) is 5.91 Å². The van der Waals surface area contributed by atoms with Crippen LogP contribution in [0.1, 0.15) is 21.5 Å². The highest BCUT2D eigenvalue weighted by molar-refractivity contribution is 5.95. The maximum Gasteiger partial charge on any atom is 0.271 e. The summed E-state index contributed by atoms with van der Waals surface area (Å²) >= 11 is 0. The minimum absolute atomic E-state index is 0.274. The summed E-state index contributed by atoms with van der Waals surface area (Å²) in [7, 11) is 0. The van der Waals surface area contributed by atoms with Gasteiger partial charge in [0, 0.05) is 22.9 Å². The lowest BCUT2D eigenvalue weighted by Crippen LogP contribution is -2.17. The molecule has 1 heterocycles. The van der Waals surface area contributed by atoms with Crippen LogP contribution in [-0.2, 0) is 6.61 Å². The zero-order valence-electron chi connectivity index (χ0n) is 19.5. The lowest BCUT2D eigenvalue weighted by Gasteiger charge is -2.07. The first-order chi connectivity index (χ1) is 17.8. The molecule has 0 aliphatic heterocycles. The van der Waals surface area contributed by atoms with Crippen LogP contribution in [0.4, 0.5) is 0 Å². The molecule has 36 heavy (non-hydrogen) atoms. The fourth-order valence-electron chi connectivity index (χ4n) is 3.68. The van der Waals surface area contributed by atoms with Gasteiger partial charge in [-0.3, -0.25) is 4.79 Å². The van der Waals surface area contributed by atoms with E-state index in [1.807, 2.05) is 109 Å². The molecule has 1 aromatic heterocycles. The zero-order valence-corrected chi connectivity index (χ0v) is 19.5. The average Bonchev–Trinajstić information content (AvgIpc) is 3.38. The second-order valence-electron chi connectivity index (χ2n) is 8.08. The van der Waals surface area contributed by atoms with Gasteiger partial charge in [-0.1, -0.05) is 66.7 Å².